The number of hydrogen-bond donors (Lipinski definition) is 5. The molecule has 5 N–H and O–H groups in total. The van der Waals surface area contributed by atoms with Crippen molar-refractivity contribution in [1.29, 1.82) is 0 Å². The molecule has 0 saturated carbocycles. The van der Waals surface area contributed by atoms with Crippen LogP contribution in [0, 0.1) is 30.6 Å². The third-order valence-electron chi connectivity index (χ3n) is 11.6. The molecule has 6 rings (SSSR count). The standard InChI is InChI=1S/C43H55N3O15/c1-20-11-10-12-21(2)42(55)44-32-33(46-14-17-57-18-15-46)38(54)29-30(37(32)53)36(52)25(6)40-31(29)41(45-59-19-28(48)49)43(8,61-40)58-16-13-27(56-9)22(3)39(60-26(7)47)24(5)35(51)23(4)34(20)50/h10-13,16,20,22-24,27,34-35,39,50-52H,14-15,17-19H2,1-9H3,(H,44,55)(H,48,49)/b11-10+,16-13+,21-12-,45-41-/t20-,22+,23+,24+,27-,34-,35+,39+,43-/m0/s1. The number of phenolic OH excluding ortho intramolecular Hbond substituents is 1. The van der Waals surface area contributed by atoms with Crippen LogP contribution in [0.15, 0.2) is 52.7 Å². The first-order chi connectivity index (χ1) is 28.7. The number of morpholine rings is 1. The van der Waals surface area contributed by atoms with Gasteiger partial charge in [-0.3, -0.25) is 19.2 Å². The van der Waals surface area contributed by atoms with Crippen molar-refractivity contribution in [1.82, 2.24) is 10.2 Å². The molecule has 1 amide bonds. The number of amides is 1. The largest absolute Gasteiger partial charge is 0.507 e. The van der Waals surface area contributed by atoms with Gasteiger partial charge in [0.1, 0.15) is 29.0 Å². The maximum absolute atomic E-state index is 15.0. The van der Waals surface area contributed by atoms with E-state index in [4.69, 9.17) is 28.5 Å². The van der Waals surface area contributed by atoms with E-state index in [1.165, 1.54) is 53.2 Å². The highest BCUT2D eigenvalue weighted by atomic mass is 16.7. The third-order valence-corrected chi connectivity index (χ3v) is 11.6. The van der Waals surface area contributed by atoms with E-state index >= 15 is 0 Å². The van der Waals surface area contributed by atoms with Crippen LogP contribution in [-0.4, -0.2) is 131 Å². The number of rotatable bonds is 6. The number of aliphatic hydroxyl groups excluding tert-OH is 2. The maximum atomic E-state index is 15.0. The second-order valence-corrected chi connectivity index (χ2v) is 15.9. The average Bonchev–Trinajstić information content (AvgIpc) is 3.51. The number of aliphatic carboxylic acids is 1. The summed E-state index contributed by atoms with van der Waals surface area (Å²) in [5.41, 5.74) is -1.64. The van der Waals surface area contributed by atoms with Crippen LogP contribution in [0.2, 0.25) is 0 Å². The van der Waals surface area contributed by atoms with Crippen molar-refractivity contribution in [3.63, 3.8) is 0 Å². The lowest BCUT2D eigenvalue weighted by atomic mass is 9.78. The number of carbonyl (C=O) groups is 5. The highest BCUT2D eigenvalue weighted by Crippen LogP contribution is 2.49. The summed E-state index contributed by atoms with van der Waals surface area (Å²) in [5, 5.41) is 50.7. The van der Waals surface area contributed by atoms with E-state index in [0.717, 1.165) is 0 Å². The van der Waals surface area contributed by atoms with E-state index in [1.54, 1.807) is 44.7 Å². The molecule has 332 valence electrons. The number of fused-ring (bicyclic) bond motifs is 14. The Bertz CT molecular complexity index is 2080. The SMILES string of the molecule is CO[C@H]1/C=C/O[C@@]2(C)Oc3c(C)c(O)c4c(c3/C2=N/OCC(=O)O)C(=O)C(N2CCOCC2)=C(NC(=O)/C(C)=C\C=C\[C@H](C)[C@H](O)[C@@H](C)[C@@H](O)[C@@H](C)[C@H](OC(C)=O)[C@@H]1C)C4=O. The molecule has 0 radical (unpaired) electrons. The number of Topliss-reactive ketones (excluding diaryl/α,β-unsaturated/α-hetero) is 2. The molecule has 18 nitrogen and oxygen atoms in total. The van der Waals surface area contributed by atoms with Crippen LogP contribution in [0.25, 0.3) is 0 Å². The summed E-state index contributed by atoms with van der Waals surface area (Å²) in [6, 6.07) is 0. The van der Waals surface area contributed by atoms with Gasteiger partial charge in [0.15, 0.2) is 5.71 Å². The molecule has 0 spiro atoms. The fourth-order valence-electron chi connectivity index (χ4n) is 8.06. The lowest BCUT2D eigenvalue weighted by Gasteiger charge is -2.38. The minimum atomic E-state index is -2.00. The molecule has 61 heavy (non-hydrogen) atoms. The molecule has 4 heterocycles. The van der Waals surface area contributed by atoms with Crippen LogP contribution in [0.1, 0.15) is 80.3 Å². The zero-order chi connectivity index (χ0) is 45.1. The lowest BCUT2D eigenvalue weighted by molar-refractivity contribution is -0.160. The summed E-state index contributed by atoms with van der Waals surface area (Å²) in [6.45, 7) is 12.2. The number of aliphatic hydroxyl groups is 2. The Kier molecular flexibility index (Phi) is 14.5. The average molecular weight is 854 g/mol. The van der Waals surface area contributed by atoms with Gasteiger partial charge in [0.25, 0.3) is 11.7 Å². The van der Waals surface area contributed by atoms with Gasteiger partial charge in [-0.2, -0.15) is 0 Å². The van der Waals surface area contributed by atoms with Crippen molar-refractivity contribution in [3.05, 3.63) is 69.8 Å². The van der Waals surface area contributed by atoms with Gasteiger partial charge in [0.2, 0.25) is 18.2 Å². The predicted octanol–water partition coefficient (Wildman–Crippen LogP) is 2.91. The number of methoxy groups -OCH3 is 1. The quantitative estimate of drug-likeness (QED) is 0.204. The van der Waals surface area contributed by atoms with Gasteiger partial charge in [0, 0.05) is 68.9 Å². The van der Waals surface area contributed by atoms with E-state index in [9.17, 15) is 44.4 Å². The van der Waals surface area contributed by atoms with E-state index in [2.05, 4.69) is 10.5 Å². The smallest absolute Gasteiger partial charge is 0.344 e. The number of carbonyl (C=O) groups excluding carboxylic acids is 4. The number of ketones is 2. The second-order valence-electron chi connectivity index (χ2n) is 15.9. The molecule has 5 bridgehead atoms. The Morgan fingerprint density at radius 2 is 1.64 bits per heavy atom. The second kappa shape index (κ2) is 19.0. The van der Waals surface area contributed by atoms with Crippen LogP contribution in [0.5, 0.6) is 11.5 Å². The summed E-state index contributed by atoms with van der Waals surface area (Å²) < 4.78 is 29.6. The monoisotopic (exact) mass is 853 g/mol. The van der Waals surface area contributed by atoms with Gasteiger partial charge in [-0.1, -0.05) is 51.1 Å². The van der Waals surface area contributed by atoms with Gasteiger partial charge in [0.05, 0.1) is 54.5 Å². The van der Waals surface area contributed by atoms with Gasteiger partial charge in [-0.25, -0.2) is 4.79 Å². The van der Waals surface area contributed by atoms with Gasteiger partial charge in [-0.05, 0) is 19.9 Å². The molecule has 9 atom stereocenters. The summed E-state index contributed by atoms with van der Waals surface area (Å²) in [6.07, 6.45) is 3.29. The lowest BCUT2D eigenvalue weighted by Crippen LogP contribution is -2.46. The number of carboxylic acids is 1. The topological polar surface area (TPSA) is 249 Å². The minimum Gasteiger partial charge on any atom is -0.507 e. The number of allylic oxidation sites excluding steroid dienone is 4. The summed E-state index contributed by atoms with van der Waals surface area (Å²) in [7, 11) is 1.41. The zero-order valence-corrected chi connectivity index (χ0v) is 35.7. The fraction of sp³-hybridized carbons (Fsp3) is 0.535. The Morgan fingerprint density at radius 1 is 0.967 bits per heavy atom. The molecule has 5 aliphatic rings. The molecule has 4 aliphatic heterocycles. The number of phenols is 1. The number of aromatic hydroxyl groups is 1. The van der Waals surface area contributed by atoms with E-state index < -0.39 is 101 Å². The van der Waals surface area contributed by atoms with Crippen LogP contribution < -0.4 is 10.1 Å². The number of nitrogens with one attached hydrogen (secondary N) is 1. The van der Waals surface area contributed by atoms with Gasteiger partial charge < -0.3 is 59.2 Å². The number of esters is 1. The first-order valence-corrected chi connectivity index (χ1v) is 20.0. The van der Waals surface area contributed by atoms with Crippen molar-refractivity contribution in [2.24, 2.45) is 28.8 Å². The van der Waals surface area contributed by atoms with Crippen molar-refractivity contribution in [3.8, 4) is 11.5 Å². The zero-order valence-electron chi connectivity index (χ0n) is 35.7. The highest BCUT2D eigenvalue weighted by molar-refractivity contribution is 6.33. The Balaban J connectivity index is 1.74. The molecule has 0 unspecified atom stereocenters. The molecule has 1 saturated heterocycles. The third kappa shape index (κ3) is 9.36. The van der Waals surface area contributed by atoms with E-state index in [-0.39, 0.29) is 71.4 Å². The first kappa shape index (κ1) is 46.5. The molecule has 1 aliphatic carbocycles. The van der Waals surface area contributed by atoms with Crippen LogP contribution in [0.4, 0.5) is 0 Å². The minimum absolute atomic E-state index is 0.00457. The normalized spacial score (nSPS) is 32.6. The van der Waals surface area contributed by atoms with Gasteiger partial charge in [-0.15, -0.1) is 0 Å². The van der Waals surface area contributed by atoms with E-state index in [1.807, 2.05) is 0 Å². The number of oxime groups is 1. The molecule has 1 aromatic carbocycles. The summed E-state index contributed by atoms with van der Waals surface area (Å²) in [5.74, 6) is -9.78. The van der Waals surface area contributed by atoms with Gasteiger partial charge >= 0.3 is 11.9 Å². The molecular formula is C43H55N3O15. The Morgan fingerprint density at radius 3 is 2.26 bits per heavy atom. The molecule has 0 aromatic heterocycles. The predicted molar refractivity (Wildman–Crippen MR) is 216 cm³/mol. The van der Waals surface area contributed by atoms with Crippen molar-refractivity contribution in [2.45, 2.75) is 85.6 Å². The van der Waals surface area contributed by atoms with Crippen molar-refractivity contribution >= 4 is 35.1 Å². The Labute approximate surface area is 353 Å². The number of benzene rings is 1. The summed E-state index contributed by atoms with van der Waals surface area (Å²) in [4.78, 5) is 74.2. The first-order valence-electron chi connectivity index (χ1n) is 20.0. The van der Waals surface area contributed by atoms with Crippen molar-refractivity contribution in [2.75, 3.05) is 40.0 Å². The van der Waals surface area contributed by atoms with E-state index in [0.29, 0.717) is 0 Å². The van der Waals surface area contributed by atoms with Crippen LogP contribution >= 0.6 is 0 Å². The molecule has 1 fully saturated rings. The highest BCUT2D eigenvalue weighted by Gasteiger charge is 2.52. The number of ether oxygens (including phenoxy) is 5. The Hall–Kier alpha value is -5.56. The summed E-state index contributed by atoms with van der Waals surface area (Å²) >= 11 is 0. The van der Waals surface area contributed by atoms with Crippen LogP contribution in [-0.2, 0) is 38.2 Å². The molecule has 18 heteroatoms. The molecule has 1 aromatic rings. The fourth-order valence-corrected chi connectivity index (χ4v) is 8.06. The number of nitrogens with zero attached hydrogens (tertiary/aromatic N) is 2. The van der Waals surface area contributed by atoms with Crippen LogP contribution in [0.3, 0.4) is 0 Å². The number of hydrogen-bond acceptors (Lipinski definition) is 16. The molecular weight excluding hydrogens is 798 g/mol. The number of carboxylic acid groups (broad SMARTS) is 1. The maximum Gasteiger partial charge on any atom is 0.344 e. The van der Waals surface area contributed by atoms with Crippen molar-refractivity contribution < 1.29 is 72.9 Å².